The van der Waals surface area contributed by atoms with Crippen LogP contribution >= 0.6 is 22.3 Å². The fraction of sp³-hybridized carbons (Fsp3) is 0.125. The van der Waals surface area contributed by atoms with Gasteiger partial charge in [0.05, 0.1) is 6.61 Å². The molecular formula is C8H6Cl2O4S. The van der Waals surface area contributed by atoms with Gasteiger partial charge in [-0.2, -0.15) is 8.42 Å². The first-order chi connectivity index (χ1) is 6.90. The lowest BCUT2D eigenvalue weighted by atomic mass is 10.1. The van der Waals surface area contributed by atoms with Gasteiger partial charge in [0.1, 0.15) is 0 Å². The summed E-state index contributed by atoms with van der Waals surface area (Å²) < 4.78 is 25.4. The molecule has 0 aromatic heterocycles. The minimum Gasteiger partial charge on any atom is -0.276 e. The maximum Gasteiger partial charge on any atom is 0.355 e. The van der Waals surface area contributed by atoms with Crippen molar-refractivity contribution in [3.63, 3.8) is 0 Å². The van der Waals surface area contributed by atoms with Crippen LogP contribution in [-0.4, -0.2) is 13.7 Å². The highest BCUT2D eigenvalue weighted by Crippen LogP contribution is 2.14. The first-order valence-electron chi connectivity index (χ1n) is 3.77. The van der Waals surface area contributed by atoms with Crippen molar-refractivity contribution in [1.29, 1.82) is 0 Å². The maximum absolute atomic E-state index is 10.9. The van der Waals surface area contributed by atoms with Crippen LogP contribution in [0.2, 0.25) is 0 Å². The van der Waals surface area contributed by atoms with E-state index in [2.05, 4.69) is 4.18 Å². The first-order valence-corrected chi connectivity index (χ1v) is 6.38. The third-order valence-corrected chi connectivity index (χ3v) is 2.45. The van der Waals surface area contributed by atoms with Gasteiger partial charge < -0.3 is 0 Å². The van der Waals surface area contributed by atoms with E-state index >= 15 is 0 Å². The summed E-state index contributed by atoms with van der Waals surface area (Å²) in [5, 5.41) is -0.679. The molecule has 82 valence electrons. The average molecular weight is 269 g/mol. The maximum atomic E-state index is 10.9. The van der Waals surface area contributed by atoms with Crippen LogP contribution in [0.4, 0.5) is 0 Å². The van der Waals surface area contributed by atoms with Crippen molar-refractivity contribution in [1.82, 2.24) is 0 Å². The molecule has 1 aromatic rings. The van der Waals surface area contributed by atoms with Gasteiger partial charge in [-0.05, 0) is 23.2 Å². The number of halogens is 2. The van der Waals surface area contributed by atoms with Crippen LogP contribution in [-0.2, 0) is 20.1 Å². The van der Waals surface area contributed by atoms with Crippen LogP contribution in [0.5, 0.6) is 0 Å². The molecule has 0 radical (unpaired) electrons. The van der Waals surface area contributed by atoms with Gasteiger partial charge in [-0.1, -0.05) is 18.2 Å². The van der Waals surface area contributed by atoms with Crippen LogP contribution in [0.1, 0.15) is 15.9 Å². The summed E-state index contributed by atoms with van der Waals surface area (Å²) in [4.78, 5) is 10.9. The highest BCUT2D eigenvalue weighted by molar-refractivity contribution is 8.09. The standard InChI is InChI=1S/C8H6Cl2O4S/c9-8(11)7-4-2-1-3-6(7)5-14-15(10,12)13/h1-4H,5H2. The third-order valence-electron chi connectivity index (χ3n) is 1.58. The SMILES string of the molecule is O=C(Cl)c1ccccc1COS(=O)(=O)Cl. The fourth-order valence-corrected chi connectivity index (χ4v) is 1.56. The van der Waals surface area contributed by atoms with Crippen molar-refractivity contribution in [3.05, 3.63) is 35.4 Å². The Morgan fingerprint density at radius 3 is 2.47 bits per heavy atom. The molecule has 0 amide bonds. The van der Waals surface area contributed by atoms with Gasteiger partial charge in [0, 0.05) is 16.2 Å². The molecule has 0 aliphatic heterocycles. The van der Waals surface area contributed by atoms with Crippen LogP contribution in [0.25, 0.3) is 0 Å². The van der Waals surface area contributed by atoms with Gasteiger partial charge >= 0.3 is 9.33 Å². The molecule has 0 unspecified atom stereocenters. The van der Waals surface area contributed by atoms with Crippen LogP contribution < -0.4 is 0 Å². The number of rotatable bonds is 4. The van der Waals surface area contributed by atoms with Crippen LogP contribution in [0, 0.1) is 0 Å². The summed E-state index contributed by atoms with van der Waals surface area (Å²) >= 11 is 5.28. The summed E-state index contributed by atoms with van der Waals surface area (Å²) in [6.07, 6.45) is 0. The summed E-state index contributed by atoms with van der Waals surface area (Å²) in [5.74, 6) is 0. The van der Waals surface area contributed by atoms with Gasteiger partial charge in [0.2, 0.25) is 0 Å². The van der Waals surface area contributed by atoms with Crippen molar-refractivity contribution in [2.24, 2.45) is 0 Å². The Hall–Kier alpha value is -0.620. The molecule has 0 aliphatic rings. The van der Waals surface area contributed by atoms with Gasteiger partial charge in [0.25, 0.3) is 5.24 Å². The van der Waals surface area contributed by atoms with E-state index in [4.69, 9.17) is 22.3 Å². The van der Waals surface area contributed by atoms with Crippen LogP contribution in [0.15, 0.2) is 24.3 Å². The zero-order valence-corrected chi connectivity index (χ0v) is 9.64. The van der Waals surface area contributed by atoms with Gasteiger partial charge in [0.15, 0.2) is 0 Å². The van der Waals surface area contributed by atoms with E-state index in [9.17, 15) is 13.2 Å². The van der Waals surface area contributed by atoms with Gasteiger partial charge in [-0.3, -0.25) is 8.98 Å². The molecule has 0 spiro atoms. The van der Waals surface area contributed by atoms with E-state index in [1.54, 1.807) is 12.1 Å². The molecule has 0 bridgehead atoms. The number of hydrogen-bond acceptors (Lipinski definition) is 4. The Bertz CT molecular complexity index is 469. The molecule has 0 heterocycles. The van der Waals surface area contributed by atoms with E-state index in [1.807, 2.05) is 0 Å². The monoisotopic (exact) mass is 268 g/mol. The van der Waals surface area contributed by atoms with Crippen LogP contribution in [0.3, 0.4) is 0 Å². The topological polar surface area (TPSA) is 60.4 Å². The normalized spacial score (nSPS) is 11.3. The van der Waals surface area contributed by atoms with Crippen molar-refractivity contribution >= 4 is 36.9 Å². The molecule has 1 aromatic carbocycles. The van der Waals surface area contributed by atoms with Crippen molar-refractivity contribution in [2.45, 2.75) is 6.61 Å². The van der Waals surface area contributed by atoms with Crippen molar-refractivity contribution in [2.75, 3.05) is 0 Å². The number of hydrogen-bond donors (Lipinski definition) is 0. The Balaban J connectivity index is 2.90. The van der Waals surface area contributed by atoms with E-state index in [1.165, 1.54) is 12.1 Å². The second-order valence-corrected chi connectivity index (χ2v) is 5.09. The smallest absolute Gasteiger partial charge is 0.276 e. The van der Waals surface area contributed by atoms with E-state index in [-0.39, 0.29) is 12.2 Å². The summed E-state index contributed by atoms with van der Waals surface area (Å²) in [7, 11) is 0.800. The minimum atomic E-state index is -4.05. The molecular weight excluding hydrogens is 263 g/mol. The number of carbonyl (C=O) groups is 1. The lowest BCUT2D eigenvalue weighted by Gasteiger charge is -2.04. The van der Waals surface area contributed by atoms with Crippen molar-refractivity contribution in [3.8, 4) is 0 Å². The second kappa shape index (κ2) is 4.94. The lowest BCUT2D eigenvalue weighted by molar-refractivity contribution is 0.107. The van der Waals surface area contributed by atoms with E-state index in [0.29, 0.717) is 5.56 Å². The van der Waals surface area contributed by atoms with Gasteiger partial charge in [-0.15, -0.1) is 0 Å². The van der Waals surface area contributed by atoms with E-state index < -0.39 is 14.6 Å². The number of carbonyl (C=O) groups excluding carboxylic acids is 1. The molecule has 0 saturated heterocycles. The zero-order valence-electron chi connectivity index (χ0n) is 7.31. The Labute approximate surface area is 96.4 Å². The molecule has 0 atom stereocenters. The molecule has 7 heteroatoms. The quantitative estimate of drug-likeness (QED) is 0.785. The molecule has 1 rings (SSSR count). The summed E-state index contributed by atoms with van der Waals surface area (Å²) in [5.41, 5.74) is 0.557. The molecule has 0 fully saturated rings. The predicted molar refractivity (Wildman–Crippen MR) is 56.2 cm³/mol. The highest BCUT2D eigenvalue weighted by atomic mass is 35.7. The van der Waals surface area contributed by atoms with E-state index in [0.717, 1.165) is 0 Å². The number of benzene rings is 1. The first kappa shape index (κ1) is 12.4. The molecule has 0 saturated carbocycles. The molecule has 15 heavy (non-hydrogen) atoms. The Kier molecular flexibility index (Phi) is 4.10. The summed E-state index contributed by atoms with van der Waals surface area (Å²) in [6.45, 7) is -0.319. The average Bonchev–Trinajstić information content (AvgIpc) is 2.14. The zero-order chi connectivity index (χ0) is 11.5. The lowest BCUT2D eigenvalue weighted by Crippen LogP contribution is -2.02. The third kappa shape index (κ3) is 4.17. The summed E-state index contributed by atoms with van der Waals surface area (Å²) in [6, 6.07) is 6.23. The molecule has 4 nitrogen and oxygen atoms in total. The van der Waals surface area contributed by atoms with Gasteiger partial charge in [-0.25, -0.2) is 0 Å². The molecule has 0 N–H and O–H groups in total. The Morgan fingerprint density at radius 2 is 1.93 bits per heavy atom. The highest BCUT2D eigenvalue weighted by Gasteiger charge is 2.11. The predicted octanol–water partition coefficient (Wildman–Crippen LogP) is 2.07. The largest absolute Gasteiger partial charge is 0.355 e. The minimum absolute atomic E-state index is 0.194. The second-order valence-electron chi connectivity index (χ2n) is 2.59. The molecule has 0 aliphatic carbocycles. The van der Waals surface area contributed by atoms with Crippen molar-refractivity contribution < 1.29 is 17.4 Å². The Morgan fingerprint density at radius 1 is 1.33 bits per heavy atom. The fourth-order valence-electron chi connectivity index (χ4n) is 0.972.